The summed E-state index contributed by atoms with van der Waals surface area (Å²) < 4.78 is 3.89. The molecule has 0 fully saturated rings. The van der Waals surface area contributed by atoms with Crippen LogP contribution in [0.1, 0.15) is 28.5 Å². The van der Waals surface area contributed by atoms with Gasteiger partial charge in [0.15, 0.2) is 5.78 Å². The monoisotopic (exact) mass is 322 g/mol. The zero-order valence-corrected chi connectivity index (χ0v) is 14.1. The van der Waals surface area contributed by atoms with Gasteiger partial charge in [0.1, 0.15) is 0 Å². The van der Waals surface area contributed by atoms with Crippen molar-refractivity contribution in [3.05, 3.63) is 71.8 Å². The number of aromatic nitrogens is 3. The number of Topliss-reactive ketones (excluding diaryl/α,β-unsaturated/α-hetero) is 1. The molecule has 3 aromatic rings. The van der Waals surface area contributed by atoms with E-state index in [0.717, 1.165) is 36.5 Å². The molecule has 0 saturated heterocycles. The van der Waals surface area contributed by atoms with Crippen molar-refractivity contribution in [2.24, 2.45) is 7.05 Å². The van der Waals surface area contributed by atoms with Gasteiger partial charge in [-0.3, -0.25) is 4.79 Å². The topological polar surface area (TPSA) is 51.9 Å². The lowest BCUT2D eigenvalue weighted by atomic mass is 10.2. The first-order valence-electron chi connectivity index (χ1n) is 8.09. The molecule has 2 heterocycles. The van der Waals surface area contributed by atoms with Crippen LogP contribution < -0.4 is 5.32 Å². The van der Waals surface area contributed by atoms with Crippen molar-refractivity contribution in [3.8, 4) is 5.69 Å². The van der Waals surface area contributed by atoms with Gasteiger partial charge in [-0.1, -0.05) is 18.2 Å². The second-order valence-corrected chi connectivity index (χ2v) is 5.94. The maximum atomic E-state index is 11.4. The number of carbonyl (C=O) groups excluding carboxylic acids is 1. The first-order chi connectivity index (χ1) is 11.6. The van der Waals surface area contributed by atoms with E-state index in [1.54, 1.807) is 6.92 Å². The Bertz CT molecular complexity index is 817. The quantitative estimate of drug-likeness (QED) is 0.537. The Kier molecular flexibility index (Phi) is 4.91. The maximum Gasteiger partial charge on any atom is 0.161 e. The van der Waals surface area contributed by atoms with Crippen molar-refractivity contribution in [2.45, 2.75) is 19.9 Å². The minimum atomic E-state index is 0.102. The molecule has 2 aromatic heterocycles. The van der Waals surface area contributed by atoms with Crippen LogP contribution in [0.3, 0.4) is 0 Å². The van der Waals surface area contributed by atoms with Crippen molar-refractivity contribution in [1.29, 1.82) is 0 Å². The summed E-state index contributed by atoms with van der Waals surface area (Å²) in [6.45, 7) is 3.20. The average Bonchev–Trinajstić information content (AvgIpc) is 3.20. The molecular weight excluding hydrogens is 300 g/mol. The van der Waals surface area contributed by atoms with Crippen LogP contribution in [0.4, 0.5) is 0 Å². The molecule has 0 aliphatic heterocycles. The highest BCUT2D eigenvalue weighted by atomic mass is 16.1. The van der Waals surface area contributed by atoms with Gasteiger partial charge in [-0.15, -0.1) is 0 Å². The molecule has 0 radical (unpaired) electrons. The fourth-order valence-corrected chi connectivity index (χ4v) is 2.64. The highest BCUT2D eigenvalue weighted by molar-refractivity contribution is 5.94. The van der Waals surface area contributed by atoms with E-state index in [1.165, 1.54) is 5.56 Å². The van der Waals surface area contributed by atoms with Gasteiger partial charge in [0.25, 0.3) is 0 Å². The normalized spacial score (nSPS) is 10.9. The predicted molar refractivity (Wildman–Crippen MR) is 94.4 cm³/mol. The molecule has 0 amide bonds. The number of hydrogen-bond donors (Lipinski definition) is 1. The summed E-state index contributed by atoms with van der Waals surface area (Å²) in [7, 11) is 1.97. The highest BCUT2D eigenvalue weighted by Crippen LogP contribution is 2.09. The molecule has 0 aliphatic carbocycles. The summed E-state index contributed by atoms with van der Waals surface area (Å²) in [4.78, 5) is 11.4. The molecule has 1 N–H and O–H groups in total. The third-order valence-corrected chi connectivity index (χ3v) is 4.07. The molecule has 0 saturated carbocycles. The van der Waals surface area contributed by atoms with Crippen LogP contribution in [0.5, 0.6) is 0 Å². The Morgan fingerprint density at radius 2 is 2.00 bits per heavy atom. The number of rotatable bonds is 7. The van der Waals surface area contributed by atoms with Crippen LogP contribution in [-0.4, -0.2) is 26.7 Å². The van der Waals surface area contributed by atoms with Gasteiger partial charge in [0.2, 0.25) is 0 Å². The molecule has 0 spiro atoms. The fourth-order valence-electron chi connectivity index (χ4n) is 2.64. The van der Waals surface area contributed by atoms with Crippen LogP contribution in [0.2, 0.25) is 0 Å². The number of ketones is 1. The lowest BCUT2D eigenvalue weighted by Gasteiger charge is -2.05. The molecule has 5 heteroatoms. The van der Waals surface area contributed by atoms with E-state index in [4.69, 9.17) is 0 Å². The number of benzene rings is 1. The van der Waals surface area contributed by atoms with Crippen molar-refractivity contribution >= 4 is 5.78 Å². The molecule has 24 heavy (non-hydrogen) atoms. The van der Waals surface area contributed by atoms with E-state index in [1.807, 2.05) is 65.1 Å². The summed E-state index contributed by atoms with van der Waals surface area (Å²) >= 11 is 0. The number of para-hydroxylation sites is 1. The molecule has 0 bridgehead atoms. The number of carbonyl (C=O) groups is 1. The van der Waals surface area contributed by atoms with Crippen molar-refractivity contribution in [1.82, 2.24) is 19.7 Å². The Morgan fingerprint density at radius 1 is 1.21 bits per heavy atom. The van der Waals surface area contributed by atoms with Gasteiger partial charge in [-0.2, -0.15) is 5.10 Å². The van der Waals surface area contributed by atoms with E-state index < -0.39 is 0 Å². The zero-order chi connectivity index (χ0) is 16.9. The van der Waals surface area contributed by atoms with Gasteiger partial charge in [0, 0.05) is 37.2 Å². The van der Waals surface area contributed by atoms with Crippen LogP contribution in [0.15, 0.2) is 55.0 Å². The minimum Gasteiger partial charge on any atom is -0.353 e. The third-order valence-electron chi connectivity index (χ3n) is 4.07. The summed E-state index contributed by atoms with van der Waals surface area (Å²) in [6, 6.07) is 12.0. The molecular formula is C19H22N4O. The van der Waals surface area contributed by atoms with Crippen molar-refractivity contribution < 1.29 is 4.79 Å². The van der Waals surface area contributed by atoms with E-state index in [0.29, 0.717) is 0 Å². The van der Waals surface area contributed by atoms with Crippen LogP contribution in [0, 0.1) is 0 Å². The second-order valence-electron chi connectivity index (χ2n) is 5.94. The number of nitrogens with zero attached hydrogens (tertiary/aromatic N) is 3. The van der Waals surface area contributed by atoms with Crippen molar-refractivity contribution in [2.75, 3.05) is 6.54 Å². The zero-order valence-electron chi connectivity index (χ0n) is 14.1. The summed E-state index contributed by atoms with van der Waals surface area (Å²) in [5.74, 6) is 0.102. The van der Waals surface area contributed by atoms with Gasteiger partial charge >= 0.3 is 0 Å². The van der Waals surface area contributed by atoms with Crippen LogP contribution >= 0.6 is 0 Å². The second kappa shape index (κ2) is 7.27. The third kappa shape index (κ3) is 3.81. The first-order valence-corrected chi connectivity index (χ1v) is 8.09. The van der Waals surface area contributed by atoms with Gasteiger partial charge < -0.3 is 9.88 Å². The molecule has 0 aliphatic rings. The lowest BCUT2D eigenvalue weighted by Crippen LogP contribution is -2.18. The minimum absolute atomic E-state index is 0.102. The van der Waals surface area contributed by atoms with Gasteiger partial charge in [-0.05, 0) is 43.7 Å². The maximum absolute atomic E-state index is 11.4. The standard InChI is InChI=1S/C19H22N4O/c1-15(24)17-10-19(22(2)14-17)12-20-9-8-16-11-21-23(13-16)18-6-4-3-5-7-18/h3-7,10-11,13-14,20H,8-9,12H2,1-2H3. The largest absolute Gasteiger partial charge is 0.353 e. The lowest BCUT2D eigenvalue weighted by molar-refractivity contribution is 0.101. The van der Waals surface area contributed by atoms with Crippen molar-refractivity contribution in [3.63, 3.8) is 0 Å². The van der Waals surface area contributed by atoms with Gasteiger partial charge in [0.05, 0.1) is 11.9 Å². The summed E-state index contributed by atoms with van der Waals surface area (Å²) in [5, 5.41) is 7.83. The summed E-state index contributed by atoms with van der Waals surface area (Å²) in [5.41, 5.74) is 4.14. The van der Waals surface area contributed by atoms with E-state index >= 15 is 0 Å². The Balaban J connectivity index is 1.51. The number of hydrogen-bond acceptors (Lipinski definition) is 3. The number of aryl methyl sites for hydroxylation is 1. The van der Waals surface area contributed by atoms with Crippen LogP contribution in [0.25, 0.3) is 5.69 Å². The number of nitrogens with one attached hydrogen (secondary N) is 1. The van der Waals surface area contributed by atoms with E-state index in [-0.39, 0.29) is 5.78 Å². The smallest absolute Gasteiger partial charge is 0.161 e. The average molecular weight is 322 g/mol. The Labute approximate surface area is 141 Å². The molecule has 5 nitrogen and oxygen atoms in total. The van der Waals surface area contributed by atoms with Crippen LogP contribution in [-0.2, 0) is 20.0 Å². The molecule has 124 valence electrons. The summed E-state index contributed by atoms with van der Waals surface area (Å²) in [6.07, 6.45) is 6.76. The highest BCUT2D eigenvalue weighted by Gasteiger charge is 2.06. The van der Waals surface area contributed by atoms with E-state index in [2.05, 4.69) is 16.6 Å². The molecule has 1 aromatic carbocycles. The Morgan fingerprint density at radius 3 is 2.71 bits per heavy atom. The molecule has 3 rings (SSSR count). The molecule has 0 atom stereocenters. The Hall–Kier alpha value is -2.66. The fraction of sp³-hybridized carbons (Fsp3) is 0.263. The van der Waals surface area contributed by atoms with E-state index in [9.17, 15) is 4.79 Å². The van der Waals surface area contributed by atoms with Gasteiger partial charge in [-0.25, -0.2) is 4.68 Å². The molecule has 0 unspecified atom stereocenters. The SMILES string of the molecule is CC(=O)c1cc(CNCCc2cnn(-c3ccccc3)c2)n(C)c1. The first kappa shape index (κ1) is 16.2. The predicted octanol–water partition coefficient (Wildman–Crippen LogP) is 2.75.